The van der Waals surface area contributed by atoms with Gasteiger partial charge in [0, 0.05) is 25.7 Å². The molecule has 1 fully saturated rings. The highest BCUT2D eigenvalue weighted by molar-refractivity contribution is 5.80. The maximum atomic E-state index is 4.23. The lowest BCUT2D eigenvalue weighted by molar-refractivity contribution is 0.393. The molecule has 0 amide bonds. The molecule has 4 nitrogen and oxygen atoms in total. The topological polar surface area (TPSA) is 39.7 Å². The van der Waals surface area contributed by atoms with E-state index in [1.54, 1.807) is 0 Å². The van der Waals surface area contributed by atoms with Gasteiger partial charge in [0.2, 0.25) is 0 Å². The molecule has 1 aliphatic heterocycles. The van der Waals surface area contributed by atoms with Crippen molar-refractivity contribution < 1.29 is 0 Å². The van der Waals surface area contributed by atoms with Gasteiger partial charge in [-0.05, 0) is 46.7 Å². The predicted molar refractivity (Wildman–Crippen MR) is 69.9 cm³/mol. The molecule has 0 saturated carbocycles. The van der Waals surface area contributed by atoms with Crippen LogP contribution >= 0.6 is 0 Å². The summed E-state index contributed by atoms with van der Waals surface area (Å²) in [5.74, 6) is 1.66. The molecule has 1 rings (SSSR count). The Hall–Kier alpha value is -0.770. The first-order chi connectivity index (χ1) is 7.40. The highest BCUT2D eigenvalue weighted by Gasteiger charge is 2.20. The SMILES string of the molecule is CN=C(NCC1CCN(C)C1)NC(C)(C)C. The minimum absolute atomic E-state index is 0.0638. The van der Waals surface area contributed by atoms with Crippen molar-refractivity contribution in [1.29, 1.82) is 0 Å². The molecule has 0 aromatic carbocycles. The van der Waals surface area contributed by atoms with Gasteiger partial charge < -0.3 is 15.5 Å². The summed E-state index contributed by atoms with van der Waals surface area (Å²) in [5.41, 5.74) is 0.0638. The smallest absolute Gasteiger partial charge is 0.191 e. The Morgan fingerprint density at radius 2 is 2.12 bits per heavy atom. The second-order valence-electron chi connectivity index (χ2n) is 5.75. The summed E-state index contributed by atoms with van der Waals surface area (Å²) in [5, 5.41) is 6.77. The van der Waals surface area contributed by atoms with Gasteiger partial charge in [0.1, 0.15) is 0 Å². The summed E-state index contributed by atoms with van der Waals surface area (Å²) in [6.07, 6.45) is 1.29. The summed E-state index contributed by atoms with van der Waals surface area (Å²) in [7, 11) is 4.00. The van der Waals surface area contributed by atoms with Gasteiger partial charge in [-0.15, -0.1) is 0 Å². The molecule has 1 saturated heterocycles. The predicted octanol–water partition coefficient (Wildman–Crippen LogP) is 0.902. The maximum Gasteiger partial charge on any atom is 0.191 e. The van der Waals surface area contributed by atoms with E-state index >= 15 is 0 Å². The van der Waals surface area contributed by atoms with Gasteiger partial charge in [-0.3, -0.25) is 4.99 Å². The van der Waals surface area contributed by atoms with Gasteiger partial charge in [0.25, 0.3) is 0 Å². The van der Waals surface area contributed by atoms with Gasteiger partial charge >= 0.3 is 0 Å². The molecule has 1 heterocycles. The molecule has 0 aliphatic carbocycles. The molecule has 2 N–H and O–H groups in total. The first-order valence-corrected chi connectivity index (χ1v) is 6.08. The van der Waals surface area contributed by atoms with Gasteiger partial charge in [0.15, 0.2) is 5.96 Å². The molecular formula is C12H26N4. The third-order valence-corrected chi connectivity index (χ3v) is 2.76. The normalized spacial score (nSPS) is 23.6. The van der Waals surface area contributed by atoms with Crippen LogP contribution in [-0.4, -0.2) is 50.1 Å². The van der Waals surface area contributed by atoms with Crippen LogP contribution < -0.4 is 10.6 Å². The number of hydrogen-bond acceptors (Lipinski definition) is 2. The average molecular weight is 226 g/mol. The molecule has 1 aliphatic rings. The highest BCUT2D eigenvalue weighted by atomic mass is 15.2. The van der Waals surface area contributed by atoms with Gasteiger partial charge in [-0.1, -0.05) is 0 Å². The van der Waals surface area contributed by atoms with Crippen LogP contribution in [0, 0.1) is 5.92 Å². The fraction of sp³-hybridized carbons (Fsp3) is 0.917. The number of guanidine groups is 1. The van der Waals surface area contributed by atoms with Crippen molar-refractivity contribution in [3.8, 4) is 0 Å². The molecule has 0 radical (unpaired) electrons. The molecule has 0 bridgehead atoms. The van der Waals surface area contributed by atoms with Crippen LogP contribution in [-0.2, 0) is 0 Å². The molecule has 0 aromatic heterocycles. The molecular weight excluding hydrogens is 200 g/mol. The maximum absolute atomic E-state index is 4.23. The Balaban J connectivity index is 2.30. The molecule has 16 heavy (non-hydrogen) atoms. The number of likely N-dealkylation sites (tertiary alicyclic amines) is 1. The van der Waals surface area contributed by atoms with Crippen molar-refractivity contribution in [2.24, 2.45) is 10.9 Å². The number of nitrogens with zero attached hydrogens (tertiary/aromatic N) is 2. The lowest BCUT2D eigenvalue weighted by atomic mass is 10.1. The lowest BCUT2D eigenvalue weighted by Gasteiger charge is -2.24. The van der Waals surface area contributed by atoms with Crippen molar-refractivity contribution in [3.05, 3.63) is 0 Å². The average Bonchev–Trinajstić information content (AvgIpc) is 2.57. The van der Waals surface area contributed by atoms with Crippen LogP contribution in [0.4, 0.5) is 0 Å². The van der Waals surface area contributed by atoms with Gasteiger partial charge in [0.05, 0.1) is 0 Å². The van der Waals surface area contributed by atoms with Gasteiger partial charge in [-0.2, -0.15) is 0 Å². The van der Waals surface area contributed by atoms with E-state index in [4.69, 9.17) is 0 Å². The third kappa shape index (κ3) is 4.84. The van der Waals surface area contributed by atoms with E-state index in [9.17, 15) is 0 Å². The summed E-state index contributed by atoms with van der Waals surface area (Å²) < 4.78 is 0. The van der Waals surface area contributed by atoms with Crippen LogP contribution in [0.1, 0.15) is 27.2 Å². The third-order valence-electron chi connectivity index (χ3n) is 2.76. The molecule has 1 atom stereocenters. The molecule has 0 spiro atoms. The number of rotatable bonds is 2. The van der Waals surface area contributed by atoms with Crippen molar-refractivity contribution in [3.63, 3.8) is 0 Å². The van der Waals surface area contributed by atoms with E-state index in [0.717, 1.165) is 18.4 Å². The monoisotopic (exact) mass is 226 g/mol. The van der Waals surface area contributed by atoms with E-state index in [-0.39, 0.29) is 5.54 Å². The number of nitrogens with one attached hydrogen (secondary N) is 2. The van der Waals surface area contributed by atoms with E-state index in [0.29, 0.717) is 0 Å². The van der Waals surface area contributed by atoms with Crippen molar-refractivity contribution >= 4 is 5.96 Å². The number of aliphatic imine (C=N–C) groups is 1. The van der Waals surface area contributed by atoms with Crippen LogP contribution in [0.3, 0.4) is 0 Å². The Kier molecular flexibility index (Phi) is 4.59. The van der Waals surface area contributed by atoms with Crippen LogP contribution in [0.25, 0.3) is 0 Å². The molecule has 1 unspecified atom stereocenters. The largest absolute Gasteiger partial charge is 0.356 e. The Morgan fingerprint density at radius 1 is 1.44 bits per heavy atom. The van der Waals surface area contributed by atoms with Crippen LogP contribution in [0.2, 0.25) is 0 Å². The van der Waals surface area contributed by atoms with E-state index in [1.165, 1.54) is 19.5 Å². The zero-order valence-corrected chi connectivity index (χ0v) is 11.3. The van der Waals surface area contributed by atoms with E-state index < -0.39 is 0 Å². The zero-order chi connectivity index (χ0) is 12.2. The second kappa shape index (κ2) is 5.53. The quantitative estimate of drug-likeness (QED) is 0.543. The summed E-state index contributed by atoms with van der Waals surface area (Å²) in [6, 6.07) is 0. The first kappa shape index (κ1) is 13.3. The standard InChI is InChI=1S/C12H26N4/c1-12(2,3)15-11(13-4)14-8-10-6-7-16(5)9-10/h10H,6-9H2,1-5H3,(H2,13,14,15). The van der Waals surface area contributed by atoms with Crippen LogP contribution in [0.5, 0.6) is 0 Å². The Bertz CT molecular complexity index is 242. The summed E-state index contributed by atoms with van der Waals surface area (Å²) >= 11 is 0. The summed E-state index contributed by atoms with van der Waals surface area (Å²) in [6.45, 7) is 9.85. The minimum atomic E-state index is 0.0638. The van der Waals surface area contributed by atoms with E-state index in [2.05, 4.69) is 48.3 Å². The van der Waals surface area contributed by atoms with Gasteiger partial charge in [-0.25, -0.2) is 0 Å². The number of hydrogen-bond donors (Lipinski definition) is 2. The molecule has 4 heteroatoms. The van der Waals surface area contributed by atoms with Crippen molar-refractivity contribution in [2.45, 2.75) is 32.7 Å². The van der Waals surface area contributed by atoms with Crippen molar-refractivity contribution in [2.75, 3.05) is 33.7 Å². The Labute approximate surface area is 99.5 Å². The zero-order valence-electron chi connectivity index (χ0n) is 11.3. The highest BCUT2D eigenvalue weighted by Crippen LogP contribution is 2.12. The van der Waals surface area contributed by atoms with Crippen molar-refractivity contribution in [1.82, 2.24) is 15.5 Å². The van der Waals surface area contributed by atoms with Crippen LogP contribution in [0.15, 0.2) is 4.99 Å². The fourth-order valence-corrected chi connectivity index (χ4v) is 1.97. The van der Waals surface area contributed by atoms with E-state index in [1.807, 2.05) is 7.05 Å². The fourth-order valence-electron chi connectivity index (χ4n) is 1.97. The lowest BCUT2D eigenvalue weighted by Crippen LogP contribution is -2.48. The minimum Gasteiger partial charge on any atom is -0.356 e. The first-order valence-electron chi connectivity index (χ1n) is 6.08. The summed E-state index contributed by atoms with van der Waals surface area (Å²) in [4.78, 5) is 6.62. The Morgan fingerprint density at radius 3 is 2.56 bits per heavy atom. The molecule has 0 aromatic rings. The molecule has 94 valence electrons. The second-order valence-corrected chi connectivity index (χ2v) is 5.75.